The van der Waals surface area contributed by atoms with E-state index in [0.717, 1.165) is 97.7 Å². The fourth-order valence-electron chi connectivity index (χ4n) is 10.9. The summed E-state index contributed by atoms with van der Waals surface area (Å²) < 4.78 is 98.0. The highest BCUT2D eigenvalue weighted by atomic mass is 35.5. The maximum Gasteiger partial charge on any atom is 0.421 e. The van der Waals surface area contributed by atoms with E-state index < -0.39 is 44.4 Å². The molecular weight excluding hydrogens is 1110 g/mol. The van der Waals surface area contributed by atoms with Gasteiger partial charge in [0, 0.05) is 85.2 Å². The van der Waals surface area contributed by atoms with Crippen molar-refractivity contribution in [3.63, 3.8) is 0 Å². The highest BCUT2D eigenvalue weighted by molar-refractivity contribution is 7.99. The number of fused-ring (bicyclic) bond motifs is 4. The summed E-state index contributed by atoms with van der Waals surface area (Å²) in [5.74, 6) is 1.01. The minimum absolute atomic E-state index is 0.00750. The molecule has 18 nitrogen and oxygen atoms in total. The van der Waals surface area contributed by atoms with E-state index in [-0.39, 0.29) is 43.5 Å². The topological polar surface area (TPSA) is 234 Å². The minimum Gasteiger partial charge on any atom is -0.373 e. The predicted molar refractivity (Wildman–Crippen MR) is 289 cm³/mol. The van der Waals surface area contributed by atoms with Crippen molar-refractivity contribution >= 4 is 86.4 Å². The number of aromatic nitrogens is 12. The number of imidazole rings is 2. The van der Waals surface area contributed by atoms with Gasteiger partial charge in [-0.1, -0.05) is 47.3 Å². The van der Waals surface area contributed by atoms with Crippen molar-refractivity contribution in [3.05, 3.63) is 112 Å². The zero-order valence-corrected chi connectivity index (χ0v) is 46.1. The van der Waals surface area contributed by atoms with Gasteiger partial charge in [0.25, 0.3) is 0 Å². The fraction of sp³-hybridized carbons (Fsp3) is 0.412. The molecule has 0 bridgehead atoms. The van der Waals surface area contributed by atoms with E-state index in [1.807, 2.05) is 39.1 Å². The van der Waals surface area contributed by atoms with E-state index in [9.17, 15) is 30.6 Å². The number of aromatic amines is 2. The van der Waals surface area contributed by atoms with Crippen LogP contribution in [0.15, 0.2) is 93.4 Å². The smallest absolute Gasteiger partial charge is 0.373 e. The maximum atomic E-state index is 13.7. The molecule has 10 heterocycles. The van der Waals surface area contributed by atoms with Crippen molar-refractivity contribution in [2.75, 3.05) is 48.3 Å². The Morgan fingerprint density at radius 3 is 1.68 bits per heavy atom. The molecule has 12 rings (SSSR count). The quantitative estimate of drug-likeness (QED) is 0.0668. The average Bonchev–Trinajstić information content (AvgIpc) is 4.40. The van der Waals surface area contributed by atoms with E-state index in [0.29, 0.717) is 52.6 Å². The summed E-state index contributed by atoms with van der Waals surface area (Å²) in [7, 11) is 0.161. The van der Waals surface area contributed by atoms with Crippen molar-refractivity contribution in [1.82, 2.24) is 64.5 Å². The van der Waals surface area contributed by atoms with Crippen LogP contribution in [0.3, 0.4) is 0 Å². The largest absolute Gasteiger partial charge is 0.421 e. The monoisotopic (exact) mass is 1160 g/mol. The second-order valence-corrected chi connectivity index (χ2v) is 25.4. The molecule has 2 fully saturated rings. The van der Waals surface area contributed by atoms with Gasteiger partial charge in [-0.25, -0.2) is 38.8 Å². The number of pyridine rings is 4. The van der Waals surface area contributed by atoms with Crippen molar-refractivity contribution in [3.8, 4) is 0 Å². The molecule has 0 amide bonds. The molecule has 0 unspecified atom stereocenters. The third-order valence-electron chi connectivity index (χ3n) is 15.1. The van der Waals surface area contributed by atoms with E-state index >= 15 is 0 Å². The van der Waals surface area contributed by atoms with Gasteiger partial charge in [0.15, 0.2) is 22.6 Å². The fourth-order valence-corrected chi connectivity index (χ4v) is 14.0. The van der Waals surface area contributed by atoms with Gasteiger partial charge < -0.3 is 30.8 Å². The number of halogens is 7. The molecule has 8 aromatic rings. The lowest BCUT2D eigenvalue weighted by atomic mass is 9.73. The van der Waals surface area contributed by atoms with E-state index in [2.05, 4.69) is 91.8 Å². The van der Waals surface area contributed by atoms with Crippen LogP contribution < -0.4 is 25.6 Å². The third-order valence-corrected chi connectivity index (χ3v) is 18.8. The molecule has 2 spiro atoms. The minimum atomic E-state index is -4.66. The average molecular weight is 1160 g/mol. The van der Waals surface area contributed by atoms with E-state index in [4.69, 9.17) is 17.3 Å². The van der Waals surface area contributed by atoms with E-state index in [1.54, 1.807) is 6.20 Å². The first-order valence-electron chi connectivity index (χ1n) is 25.2. The molecule has 6 N–H and O–H groups in total. The van der Waals surface area contributed by atoms with Crippen molar-refractivity contribution in [1.29, 1.82) is 0 Å². The number of hydrogen-bond acceptors (Lipinski definition) is 17. The summed E-state index contributed by atoms with van der Waals surface area (Å²) in [6.45, 7) is 8.79. The maximum absolute atomic E-state index is 13.7. The van der Waals surface area contributed by atoms with Crippen molar-refractivity contribution in [2.24, 2.45) is 16.6 Å². The number of rotatable bonds is 9. The zero-order chi connectivity index (χ0) is 55.6. The molecule has 79 heavy (non-hydrogen) atoms. The Bertz CT molecular complexity index is 3600. The molecular formula is C51H52ClF6N17OS3. The number of nitrogens with one attached hydrogen (secondary N) is 4. The number of nitrogens with zero attached hydrogens (tertiary/aromatic N) is 12. The van der Waals surface area contributed by atoms with Gasteiger partial charge in [0.05, 0.1) is 34.2 Å². The van der Waals surface area contributed by atoms with Gasteiger partial charge in [-0.3, -0.25) is 9.97 Å². The van der Waals surface area contributed by atoms with E-state index in [1.165, 1.54) is 44.0 Å². The predicted octanol–water partition coefficient (Wildman–Crippen LogP) is 10.1. The first-order valence-corrected chi connectivity index (χ1v) is 28.4. The third kappa shape index (κ3) is 10.8. The second-order valence-electron chi connectivity index (χ2n) is 20.9. The normalized spacial score (nSPS) is 19.2. The number of nitrogens with two attached hydrogens (primary N) is 1. The molecule has 2 aliphatic carbocycles. The van der Waals surface area contributed by atoms with Crippen LogP contribution in [-0.2, 0) is 36.2 Å². The van der Waals surface area contributed by atoms with Gasteiger partial charge in [0.1, 0.15) is 32.1 Å². The second kappa shape index (κ2) is 21.0. The molecule has 4 aliphatic rings. The van der Waals surface area contributed by atoms with Crippen molar-refractivity contribution in [2.45, 2.75) is 108 Å². The molecule has 8 aromatic heterocycles. The first kappa shape index (κ1) is 54.7. The van der Waals surface area contributed by atoms with Crippen LogP contribution in [0.1, 0.15) is 92.2 Å². The standard InChI is InChI=1S/C27H28ClF3N8OS2.C24H24F3N9S/c1-25(2,3)42(40)38-20-15-5-4-9-32-16(15)13-26(20)7-11-39(12-8-26)24-36-22-23(37-24)35-18(14-34-22)41-17-6-10-33-21(28)19(17)27(29,30)31;1-29-19-17(24(25,26)27)15(4-8-31-19)37-16-12-32-20-21(33-16)35-22(34-20)36-9-5-23(6-10-36)11-14-13(18(23)28)3-2-7-30-14/h4-6,9-10,14,20,38H,7-8,11-13H2,1-3H3,(H,34,35,36,37);2-4,7-8,12,18H,5-6,9-11,28H2,1H3,(H,29,31)(H,32,33,34,35)/t20-,42-;18-/m11/s1. The number of piperidine rings is 2. The lowest BCUT2D eigenvalue weighted by molar-refractivity contribution is -0.140. The summed E-state index contributed by atoms with van der Waals surface area (Å²) >= 11 is 7.46. The van der Waals surface area contributed by atoms with Gasteiger partial charge in [0.2, 0.25) is 11.9 Å². The molecule has 0 aromatic carbocycles. The molecule has 28 heteroatoms. The Hall–Kier alpha value is -6.26. The van der Waals surface area contributed by atoms with Crippen LogP contribution in [0, 0.1) is 10.8 Å². The summed E-state index contributed by atoms with van der Waals surface area (Å²) in [6, 6.07) is 10.5. The Labute approximate surface area is 464 Å². The van der Waals surface area contributed by atoms with Crippen LogP contribution in [0.25, 0.3) is 22.6 Å². The van der Waals surface area contributed by atoms with Crippen LogP contribution in [0.4, 0.5) is 44.1 Å². The number of H-pyrrole nitrogens is 2. The lowest BCUT2D eigenvalue weighted by Crippen LogP contribution is -2.48. The van der Waals surface area contributed by atoms with Crippen LogP contribution >= 0.6 is 35.1 Å². The number of alkyl halides is 6. The van der Waals surface area contributed by atoms with Gasteiger partial charge in [-0.2, -0.15) is 36.3 Å². The Morgan fingerprint density at radius 1 is 0.671 bits per heavy atom. The molecule has 0 radical (unpaired) electrons. The number of anilines is 3. The Balaban J connectivity index is 0.000000168. The lowest BCUT2D eigenvalue weighted by Gasteiger charge is -2.43. The molecule has 2 aliphatic heterocycles. The molecule has 414 valence electrons. The summed E-state index contributed by atoms with van der Waals surface area (Å²) in [5.41, 5.74) is 10.6. The number of hydrogen-bond donors (Lipinski definition) is 5. The van der Waals surface area contributed by atoms with Crippen LogP contribution in [-0.4, -0.2) is 102 Å². The summed E-state index contributed by atoms with van der Waals surface area (Å²) in [6.07, 6.45) is 4.91. The van der Waals surface area contributed by atoms with Gasteiger partial charge in [-0.05, 0) is 106 Å². The Morgan fingerprint density at radius 2 is 1.16 bits per heavy atom. The first-order chi connectivity index (χ1) is 37.6. The van der Waals surface area contributed by atoms with Gasteiger partial charge in [-0.15, -0.1) is 0 Å². The summed E-state index contributed by atoms with van der Waals surface area (Å²) in [4.78, 5) is 53.9. The SMILES string of the molecule is CC(C)(C)[S@@](=O)N[C@@H]1c2cccnc2CC12CCN(c1nc3ncc(Sc4ccnc(Cl)c4C(F)(F)F)nc3[nH]1)CC2.CNc1nccc(Sc2cnc3nc(N4CCC5(CC4)Cc4ncccc4[C@H]5N)[nH]c3n2)c1C(F)(F)F. The molecule has 3 atom stereocenters. The van der Waals surface area contributed by atoms with Gasteiger partial charge >= 0.3 is 12.4 Å². The zero-order valence-electron chi connectivity index (χ0n) is 42.9. The highest BCUT2D eigenvalue weighted by Gasteiger charge is 2.50. The highest BCUT2D eigenvalue weighted by Crippen LogP contribution is 2.53. The molecule has 0 saturated carbocycles. The molecule has 2 saturated heterocycles. The Kier molecular flexibility index (Phi) is 14.5. The van der Waals surface area contributed by atoms with Crippen LogP contribution in [0.5, 0.6) is 0 Å². The van der Waals surface area contributed by atoms with Crippen LogP contribution in [0.2, 0.25) is 5.15 Å². The van der Waals surface area contributed by atoms with Crippen molar-refractivity contribution < 1.29 is 30.6 Å². The summed E-state index contributed by atoms with van der Waals surface area (Å²) in [5, 5.41) is 2.48.